The first-order chi connectivity index (χ1) is 8.66. The van der Waals surface area contributed by atoms with Crippen LogP contribution in [0.2, 0.25) is 0 Å². The lowest BCUT2D eigenvalue weighted by atomic mass is 10.1. The summed E-state index contributed by atoms with van der Waals surface area (Å²) in [7, 11) is 0. The summed E-state index contributed by atoms with van der Waals surface area (Å²) in [6.07, 6.45) is 0. The first kappa shape index (κ1) is 10.7. The van der Waals surface area contributed by atoms with E-state index < -0.39 is 11.6 Å². The van der Waals surface area contributed by atoms with E-state index in [0.717, 1.165) is 6.07 Å². The maximum absolute atomic E-state index is 13.6. The summed E-state index contributed by atoms with van der Waals surface area (Å²) in [4.78, 5) is 0. The van der Waals surface area contributed by atoms with E-state index in [-0.39, 0.29) is 22.9 Å². The molecule has 6 nitrogen and oxygen atoms in total. The number of nitrogens with one attached hydrogen (secondary N) is 1. The highest BCUT2D eigenvalue weighted by Crippen LogP contribution is 2.46. The van der Waals surface area contributed by atoms with Crippen molar-refractivity contribution in [2.75, 3.05) is 18.9 Å². The lowest BCUT2D eigenvalue weighted by Gasteiger charge is -2.21. The van der Waals surface area contributed by atoms with E-state index in [0.29, 0.717) is 18.9 Å². The average molecular weight is 251 g/mol. The summed E-state index contributed by atoms with van der Waals surface area (Å²) in [6, 6.07) is 2.57. The quantitative estimate of drug-likeness (QED) is 0.709. The van der Waals surface area contributed by atoms with Gasteiger partial charge in [0.25, 0.3) is 0 Å². The molecule has 94 valence electrons. The molecule has 1 aromatic heterocycles. The molecule has 0 spiro atoms. The normalized spacial score (nSPS) is 13.6. The number of phenolic OH excluding ortho intramolecular Hbond substituents is 1. The van der Waals surface area contributed by atoms with Gasteiger partial charge in [-0.25, -0.2) is 4.39 Å². The van der Waals surface area contributed by atoms with E-state index in [1.54, 1.807) is 0 Å². The summed E-state index contributed by atoms with van der Waals surface area (Å²) in [5, 5.41) is 16.2. The summed E-state index contributed by atoms with van der Waals surface area (Å²) >= 11 is 0. The molecule has 2 heterocycles. The molecule has 0 fully saturated rings. The number of aromatic amines is 1. The minimum Gasteiger partial charge on any atom is -0.504 e. The number of ether oxygens (including phenoxy) is 2. The van der Waals surface area contributed by atoms with Gasteiger partial charge in [-0.3, -0.25) is 5.10 Å². The molecule has 0 aliphatic carbocycles. The molecule has 0 amide bonds. The van der Waals surface area contributed by atoms with Crippen molar-refractivity contribution < 1.29 is 19.0 Å². The number of hydrogen-bond donors (Lipinski definition) is 3. The van der Waals surface area contributed by atoms with Gasteiger partial charge in [0.1, 0.15) is 19.0 Å². The Hall–Kier alpha value is -2.44. The molecule has 1 aliphatic rings. The lowest BCUT2D eigenvalue weighted by molar-refractivity contribution is 0.170. The topological polar surface area (TPSA) is 93.4 Å². The summed E-state index contributed by atoms with van der Waals surface area (Å²) in [6.45, 7) is 0.663. The first-order valence-corrected chi connectivity index (χ1v) is 5.29. The third-order valence-electron chi connectivity index (χ3n) is 2.63. The predicted molar refractivity (Wildman–Crippen MR) is 61.0 cm³/mol. The van der Waals surface area contributed by atoms with E-state index in [9.17, 15) is 9.50 Å². The van der Waals surface area contributed by atoms with E-state index in [2.05, 4.69) is 10.2 Å². The molecule has 1 aliphatic heterocycles. The third-order valence-corrected chi connectivity index (χ3v) is 2.63. The minimum absolute atomic E-state index is 0.161. The molecule has 4 N–H and O–H groups in total. The maximum Gasteiger partial charge on any atom is 0.174 e. The van der Waals surface area contributed by atoms with E-state index in [1.165, 1.54) is 6.07 Å². The van der Waals surface area contributed by atoms with Gasteiger partial charge in [-0.2, -0.15) is 5.10 Å². The Morgan fingerprint density at radius 2 is 2.11 bits per heavy atom. The van der Waals surface area contributed by atoms with Gasteiger partial charge < -0.3 is 20.3 Å². The molecule has 2 aromatic rings. The van der Waals surface area contributed by atoms with E-state index in [1.807, 2.05) is 0 Å². The van der Waals surface area contributed by atoms with E-state index in [4.69, 9.17) is 15.2 Å². The van der Waals surface area contributed by atoms with Gasteiger partial charge in [-0.15, -0.1) is 0 Å². The van der Waals surface area contributed by atoms with Crippen LogP contribution in [0.25, 0.3) is 11.3 Å². The standard InChI is InChI=1S/C11H10FN3O3/c12-5-3-7-11(18-2-1-17-7)9(10(5)16)6-4-8(13)15-14-6/h3-4,16H,1-2H2,(H3,13,14,15). The van der Waals surface area contributed by atoms with Crippen molar-refractivity contribution in [2.24, 2.45) is 0 Å². The van der Waals surface area contributed by atoms with Gasteiger partial charge in [0.2, 0.25) is 0 Å². The fourth-order valence-electron chi connectivity index (χ4n) is 1.86. The molecule has 0 bridgehead atoms. The molecule has 3 rings (SSSR count). The molecule has 0 atom stereocenters. The highest BCUT2D eigenvalue weighted by atomic mass is 19.1. The minimum atomic E-state index is -0.789. The number of fused-ring (bicyclic) bond motifs is 1. The van der Waals surface area contributed by atoms with Crippen LogP contribution in [0.15, 0.2) is 12.1 Å². The SMILES string of the molecule is Nc1cc(-c2c(O)c(F)cc3c2OCCO3)[nH]n1. The molecule has 7 heteroatoms. The van der Waals surface area contributed by atoms with Crippen LogP contribution in [0.3, 0.4) is 0 Å². The highest BCUT2D eigenvalue weighted by molar-refractivity contribution is 5.78. The second-order valence-corrected chi connectivity index (χ2v) is 3.81. The van der Waals surface area contributed by atoms with Gasteiger partial charge in [0.15, 0.2) is 23.1 Å². The van der Waals surface area contributed by atoms with Crippen LogP contribution < -0.4 is 15.2 Å². The smallest absolute Gasteiger partial charge is 0.174 e. The molecule has 18 heavy (non-hydrogen) atoms. The van der Waals surface area contributed by atoms with Crippen molar-refractivity contribution in [2.45, 2.75) is 0 Å². The molecule has 0 saturated heterocycles. The van der Waals surface area contributed by atoms with Crippen molar-refractivity contribution in [3.63, 3.8) is 0 Å². The van der Waals surface area contributed by atoms with Gasteiger partial charge in [0.05, 0.1) is 11.3 Å². The summed E-state index contributed by atoms with van der Waals surface area (Å²) in [5.74, 6) is -0.548. The van der Waals surface area contributed by atoms with Crippen molar-refractivity contribution in [3.05, 3.63) is 17.9 Å². The van der Waals surface area contributed by atoms with Crippen LogP contribution in [0.4, 0.5) is 10.2 Å². The number of anilines is 1. The number of halogens is 1. The van der Waals surface area contributed by atoms with Gasteiger partial charge in [-0.05, 0) is 0 Å². The zero-order chi connectivity index (χ0) is 12.7. The number of H-pyrrole nitrogens is 1. The third kappa shape index (κ3) is 1.52. The number of nitrogens with zero attached hydrogens (tertiary/aromatic N) is 1. The Kier molecular flexibility index (Phi) is 2.26. The number of nitrogen functional groups attached to an aromatic ring is 1. The number of aromatic hydroxyl groups is 1. The molecule has 0 saturated carbocycles. The summed E-state index contributed by atoms with van der Waals surface area (Å²) < 4.78 is 24.3. The molecule has 0 radical (unpaired) electrons. The van der Waals surface area contributed by atoms with Crippen LogP contribution in [0.5, 0.6) is 17.2 Å². The fraction of sp³-hybridized carbons (Fsp3) is 0.182. The predicted octanol–water partition coefficient (Wildman–Crippen LogP) is 1.27. The first-order valence-electron chi connectivity index (χ1n) is 5.29. The van der Waals surface area contributed by atoms with Crippen LogP contribution in [0.1, 0.15) is 0 Å². The van der Waals surface area contributed by atoms with Crippen molar-refractivity contribution in [1.29, 1.82) is 0 Å². The van der Waals surface area contributed by atoms with Crippen molar-refractivity contribution in [3.8, 4) is 28.5 Å². The lowest BCUT2D eigenvalue weighted by Crippen LogP contribution is -2.16. The van der Waals surface area contributed by atoms with E-state index >= 15 is 0 Å². The zero-order valence-corrected chi connectivity index (χ0v) is 9.24. The van der Waals surface area contributed by atoms with Crippen LogP contribution >= 0.6 is 0 Å². The van der Waals surface area contributed by atoms with Crippen molar-refractivity contribution in [1.82, 2.24) is 10.2 Å². The monoisotopic (exact) mass is 251 g/mol. The molecular formula is C11H10FN3O3. The Bertz CT molecular complexity index is 612. The number of nitrogens with two attached hydrogens (primary N) is 1. The molecule has 1 aromatic carbocycles. The number of rotatable bonds is 1. The molecular weight excluding hydrogens is 241 g/mol. The van der Waals surface area contributed by atoms with Gasteiger partial charge in [0, 0.05) is 12.1 Å². The van der Waals surface area contributed by atoms with Crippen LogP contribution in [-0.2, 0) is 0 Å². The van der Waals surface area contributed by atoms with Crippen LogP contribution in [-0.4, -0.2) is 28.5 Å². The van der Waals surface area contributed by atoms with Gasteiger partial charge >= 0.3 is 0 Å². The Labute approximate surface area is 101 Å². The number of aromatic nitrogens is 2. The fourth-order valence-corrected chi connectivity index (χ4v) is 1.86. The Morgan fingerprint density at radius 1 is 1.33 bits per heavy atom. The number of benzene rings is 1. The second-order valence-electron chi connectivity index (χ2n) is 3.81. The average Bonchev–Trinajstić information content (AvgIpc) is 2.77. The van der Waals surface area contributed by atoms with Gasteiger partial charge in [-0.1, -0.05) is 0 Å². The number of hydrogen-bond acceptors (Lipinski definition) is 5. The molecule has 0 unspecified atom stereocenters. The number of phenols is 1. The second kappa shape index (κ2) is 3.80. The summed E-state index contributed by atoms with van der Waals surface area (Å²) in [5.41, 5.74) is 6.02. The maximum atomic E-state index is 13.6. The Morgan fingerprint density at radius 3 is 2.83 bits per heavy atom. The van der Waals surface area contributed by atoms with Crippen molar-refractivity contribution >= 4 is 5.82 Å². The zero-order valence-electron chi connectivity index (χ0n) is 9.24. The Balaban J connectivity index is 2.26. The largest absolute Gasteiger partial charge is 0.504 e. The van der Waals surface area contributed by atoms with Crippen LogP contribution in [0, 0.1) is 5.82 Å². The highest BCUT2D eigenvalue weighted by Gasteiger charge is 2.25.